The summed E-state index contributed by atoms with van der Waals surface area (Å²) < 4.78 is 0. The van der Waals surface area contributed by atoms with Crippen molar-refractivity contribution in [1.29, 1.82) is 0 Å². The molecule has 1 aromatic carbocycles. The van der Waals surface area contributed by atoms with Crippen molar-refractivity contribution in [3.8, 4) is 0 Å². The second-order valence-electron chi connectivity index (χ2n) is 4.48. The van der Waals surface area contributed by atoms with Gasteiger partial charge in [0.05, 0.1) is 18.7 Å². The van der Waals surface area contributed by atoms with Gasteiger partial charge in [0.25, 0.3) is 5.91 Å². The van der Waals surface area contributed by atoms with Crippen LogP contribution in [0.1, 0.15) is 30.9 Å². The van der Waals surface area contributed by atoms with Gasteiger partial charge in [0.15, 0.2) is 0 Å². The minimum absolute atomic E-state index is 0.0513. The van der Waals surface area contributed by atoms with E-state index in [2.05, 4.69) is 11.4 Å². The Bertz CT molecular complexity index is 427. The van der Waals surface area contributed by atoms with Crippen LogP contribution in [0.4, 0.5) is 5.69 Å². The van der Waals surface area contributed by atoms with Crippen LogP contribution in [-0.2, 0) is 9.63 Å². The van der Waals surface area contributed by atoms with E-state index in [1.165, 1.54) is 17.0 Å². The fourth-order valence-corrected chi connectivity index (χ4v) is 2.52. The van der Waals surface area contributed by atoms with E-state index < -0.39 is 0 Å². The summed E-state index contributed by atoms with van der Waals surface area (Å²) in [6.07, 6.45) is 2.79. The molecule has 0 saturated carbocycles. The molecule has 1 unspecified atom stereocenters. The molecule has 1 atom stereocenters. The van der Waals surface area contributed by atoms with E-state index in [-0.39, 0.29) is 5.91 Å². The van der Waals surface area contributed by atoms with E-state index in [1.807, 2.05) is 18.2 Å². The van der Waals surface area contributed by atoms with Gasteiger partial charge in [-0.25, -0.2) is 0 Å². The van der Waals surface area contributed by atoms with E-state index in [4.69, 9.17) is 4.84 Å². The Labute approximate surface area is 101 Å². The molecule has 0 aromatic heterocycles. The highest BCUT2D eigenvalue weighted by Gasteiger charge is 2.28. The number of carbonyl (C=O) groups excluding carboxylic acids is 1. The fraction of sp³-hybridized carbons (Fsp3) is 0.462. The molecular weight excluding hydrogens is 216 g/mol. The maximum absolute atomic E-state index is 11.7. The lowest BCUT2D eigenvalue weighted by Crippen LogP contribution is -2.25. The molecule has 90 valence electrons. The first-order valence-electron chi connectivity index (χ1n) is 6.14. The largest absolute Gasteiger partial charge is 0.310 e. The molecule has 4 heteroatoms. The van der Waals surface area contributed by atoms with Crippen molar-refractivity contribution in [2.75, 3.05) is 18.2 Å². The summed E-state index contributed by atoms with van der Waals surface area (Å²) in [6, 6.07) is 8.34. The lowest BCUT2D eigenvalue weighted by Gasteiger charge is -2.21. The number of hydrogen-bond donors (Lipinski definition) is 1. The predicted octanol–water partition coefficient (Wildman–Crippen LogP) is 1.78. The molecular formula is C13H16N2O2. The Kier molecular flexibility index (Phi) is 2.82. The van der Waals surface area contributed by atoms with Crippen LogP contribution in [0.3, 0.4) is 0 Å². The highest BCUT2D eigenvalue weighted by molar-refractivity contribution is 5.93. The monoisotopic (exact) mass is 232 g/mol. The third-order valence-corrected chi connectivity index (χ3v) is 3.35. The van der Waals surface area contributed by atoms with Crippen LogP contribution in [0.15, 0.2) is 24.3 Å². The molecule has 1 amide bonds. The number of hydroxylamine groups is 1. The number of anilines is 1. The number of carbonyl (C=O) groups is 1. The number of para-hydroxylation sites is 1. The summed E-state index contributed by atoms with van der Waals surface area (Å²) in [5.74, 6) is 0.0513. The van der Waals surface area contributed by atoms with Crippen molar-refractivity contribution in [2.24, 2.45) is 0 Å². The standard InChI is InChI=1S/C13H16N2O2/c16-13-7-9-17-15(13)12-6-2-1-4-10(12)11-5-3-8-14-11/h1-2,4,6,11,14H,3,5,7-9H2. The predicted molar refractivity (Wildman–Crippen MR) is 64.5 cm³/mol. The summed E-state index contributed by atoms with van der Waals surface area (Å²) >= 11 is 0. The Morgan fingerprint density at radius 3 is 2.94 bits per heavy atom. The SMILES string of the molecule is O=C1CCON1c1ccccc1C1CCCN1. The van der Waals surface area contributed by atoms with Crippen molar-refractivity contribution in [3.63, 3.8) is 0 Å². The van der Waals surface area contributed by atoms with Gasteiger partial charge in [-0.3, -0.25) is 9.63 Å². The Morgan fingerprint density at radius 2 is 2.24 bits per heavy atom. The minimum Gasteiger partial charge on any atom is -0.310 e. The molecule has 3 rings (SSSR count). The van der Waals surface area contributed by atoms with Crippen molar-refractivity contribution in [1.82, 2.24) is 5.32 Å². The average Bonchev–Trinajstić information content (AvgIpc) is 3.00. The zero-order valence-corrected chi connectivity index (χ0v) is 9.69. The van der Waals surface area contributed by atoms with Gasteiger partial charge in [-0.2, -0.15) is 5.06 Å². The van der Waals surface area contributed by atoms with Crippen molar-refractivity contribution >= 4 is 11.6 Å². The number of nitrogens with one attached hydrogen (secondary N) is 1. The van der Waals surface area contributed by atoms with E-state index in [9.17, 15) is 4.79 Å². The number of nitrogens with zero attached hydrogens (tertiary/aromatic N) is 1. The first kappa shape index (κ1) is 10.7. The topological polar surface area (TPSA) is 41.6 Å². The van der Waals surface area contributed by atoms with Gasteiger partial charge in [0.2, 0.25) is 0 Å². The third kappa shape index (κ3) is 1.94. The van der Waals surface area contributed by atoms with Crippen LogP contribution >= 0.6 is 0 Å². The highest BCUT2D eigenvalue weighted by atomic mass is 16.7. The van der Waals surface area contributed by atoms with Crippen LogP contribution in [0.5, 0.6) is 0 Å². The van der Waals surface area contributed by atoms with Crippen molar-refractivity contribution < 1.29 is 9.63 Å². The normalized spacial score (nSPS) is 24.6. The summed E-state index contributed by atoms with van der Waals surface area (Å²) in [7, 11) is 0. The van der Waals surface area contributed by atoms with E-state index in [0.29, 0.717) is 19.1 Å². The zero-order valence-electron chi connectivity index (χ0n) is 9.69. The molecule has 2 fully saturated rings. The molecule has 0 bridgehead atoms. The molecule has 0 aliphatic carbocycles. The number of rotatable bonds is 2. The van der Waals surface area contributed by atoms with Crippen LogP contribution in [-0.4, -0.2) is 19.1 Å². The molecule has 0 spiro atoms. The second-order valence-corrected chi connectivity index (χ2v) is 4.48. The summed E-state index contributed by atoms with van der Waals surface area (Å²) in [5.41, 5.74) is 2.06. The molecule has 2 heterocycles. The van der Waals surface area contributed by atoms with Gasteiger partial charge >= 0.3 is 0 Å². The van der Waals surface area contributed by atoms with Crippen molar-refractivity contribution in [3.05, 3.63) is 29.8 Å². The molecule has 4 nitrogen and oxygen atoms in total. The van der Waals surface area contributed by atoms with Crippen LogP contribution in [0.25, 0.3) is 0 Å². The lowest BCUT2D eigenvalue weighted by molar-refractivity contribution is -0.119. The van der Waals surface area contributed by atoms with Crippen LogP contribution in [0, 0.1) is 0 Å². The molecule has 0 radical (unpaired) electrons. The average molecular weight is 232 g/mol. The third-order valence-electron chi connectivity index (χ3n) is 3.35. The maximum Gasteiger partial charge on any atom is 0.253 e. The van der Waals surface area contributed by atoms with Crippen LogP contribution < -0.4 is 10.4 Å². The fourth-order valence-electron chi connectivity index (χ4n) is 2.52. The number of hydrogen-bond acceptors (Lipinski definition) is 3. The first-order valence-corrected chi connectivity index (χ1v) is 6.14. The molecule has 2 aliphatic rings. The van der Waals surface area contributed by atoms with Gasteiger partial charge in [-0.15, -0.1) is 0 Å². The molecule has 17 heavy (non-hydrogen) atoms. The van der Waals surface area contributed by atoms with Crippen LogP contribution in [0.2, 0.25) is 0 Å². The maximum atomic E-state index is 11.7. The summed E-state index contributed by atoms with van der Waals surface area (Å²) in [6.45, 7) is 1.54. The quantitative estimate of drug-likeness (QED) is 0.845. The Balaban J connectivity index is 1.95. The zero-order chi connectivity index (χ0) is 11.7. The van der Waals surface area contributed by atoms with E-state index in [0.717, 1.165) is 18.7 Å². The smallest absolute Gasteiger partial charge is 0.253 e. The molecule has 2 aliphatic heterocycles. The summed E-state index contributed by atoms with van der Waals surface area (Å²) in [5, 5.41) is 4.91. The molecule has 1 aromatic rings. The van der Waals surface area contributed by atoms with E-state index in [1.54, 1.807) is 0 Å². The highest BCUT2D eigenvalue weighted by Crippen LogP contribution is 2.33. The molecule has 1 N–H and O–H groups in total. The van der Waals surface area contributed by atoms with Gasteiger partial charge in [0.1, 0.15) is 0 Å². The minimum atomic E-state index is 0.0513. The lowest BCUT2D eigenvalue weighted by atomic mass is 10.0. The second kappa shape index (κ2) is 4.47. The van der Waals surface area contributed by atoms with Crippen molar-refractivity contribution in [2.45, 2.75) is 25.3 Å². The van der Waals surface area contributed by atoms with E-state index >= 15 is 0 Å². The summed E-state index contributed by atoms with van der Waals surface area (Å²) in [4.78, 5) is 17.1. The first-order chi connectivity index (χ1) is 8.36. The van der Waals surface area contributed by atoms with Gasteiger partial charge in [0, 0.05) is 6.04 Å². The van der Waals surface area contributed by atoms with Gasteiger partial charge in [-0.1, -0.05) is 18.2 Å². The Hall–Kier alpha value is -1.39. The molecule has 2 saturated heterocycles. The van der Waals surface area contributed by atoms with Gasteiger partial charge < -0.3 is 5.32 Å². The van der Waals surface area contributed by atoms with Gasteiger partial charge in [-0.05, 0) is 31.0 Å². The Morgan fingerprint density at radius 1 is 1.35 bits per heavy atom. The number of benzene rings is 1. The number of amides is 1.